The van der Waals surface area contributed by atoms with Crippen LogP contribution in [0.5, 0.6) is 0 Å². The lowest BCUT2D eigenvalue weighted by molar-refractivity contribution is 0.309. The van der Waals surface area contributed by atoms with Gasteiger partial charge in [0.15, 0.2) is 0 Å². The second-order valence-electron chi connectivity index (χ2n) is 6.97. The molecule has 1 aromatic heterocycles. The lowest BCUT2D eigenvalue weighted by Crippen LogP contribution is -2.27. The third kappa shape index (κ3) is 3.39. The molecule has 1 aliphatic heterocycles. The van der Waals surface area contributed by atoms with Crippen molar-refractivity contribution in [3.8, 4) is 0 Å². The molecule has 0 bridgehead atoms. The van der Waals surface area contributed by atoms with E-state index in [1.165, 1.54) is 27.6 Å². The van der Waals surface area contributed by atoms with Crippen LogP contribution in [0.2, 0.25) is 0 Å². The van der Waals surface area contributed by atoms with E-state index in [1.807, 2.05) is 12.2 Å². The average Bonchev–Trinajstić information content (AvgIpc) is 2.85. The number of nitrogens with zero attached hydrogens (tertiary/aromatic N) is 2. The normalized spacial score (nSPS) is 16.0. The van der Waals surface area contributed by atoms with Crippen molar-refractivity contribution in [3.05, 3.63) is 71.5 Å². The molecule has 0 spiro atoms. The first-order chi connectivity index (χ1) is 11.6. The number of rotatable bonds is 5. The molecule has 3 rings (SSSR count). The molecule has 0 radical (unpaired) electrons. The van der Waals surface area contributed by atoms with Gasteiger partial charge in [0.05, 0.1) is 0 Å². The van der Waals surface area contributed by atoms with E-state index in [1.54, 1.807) is 5.69 Å². The number of allylic oxidation sites excluding steroid dienone is 5. The molecule has 0 atom stereocenters. The molecule has 0 amide bonds. The van der Waals surface area contributed by atoms with Crippen LogP contribution in [0.15, 0.2) is 54.7 Å². The van der Waals surface area contributed by atoms with Crippen LogP contribution in [0.3, 0.4) is 0 Å². The third-order valence-electron chi connectivity index (χ3n) is 4.96. The van der Waals surface area contributed by atoms with Gasteiger partial charge in [0, 0.05) is 42.7 Å². The Bertz CT molecular complexity index is 805. The summed E-state index contributed by atoms with van der Waals surface area (Å²) in [6.45, 7) is 11.4. The van der Waals surface area contributed by atoms with Gasteiger partial charge in [0.2, 0.25) is 0 Å². The second-order valence-corrected chi connectivity index (χ2v) is 6.97. The van der Waals surface area contributed by atoms with Gasteiger partial charge in [0.25, 0.3) is 0 Å². The third-order valence-corrected chi connectivity index (χ3v) is 4.96. The predicted molar refractivity (Wildman–Crippen MR) is 104 cm³/mol. The molecule has 0 unspecified atom stereocenters. The standard InChI is InChI=1S/C22H28N2/c1-5-6-7-8-17(2)11-14-24-21-10-9-18(3)15-19(21)20-16-23(4)13-12-22(20)24/h5-10,15H,1,11-14,16H2,2-4H3/b7-6-,17-8+. The van der Waals surface area contributed by atoms with Gasteiger partial charge in [-0.1, -0.05) is 48.1 Å². The zero-order valence-electron chi connectivity index (χ0n) is 15.2. The van der Waals surface area contributed by atoms with Gasteiger partial charge in [-0.05, 0) is 45.0 Å². The first kappa shape index (κ1) is 16.8. The van der Waals surface area contributed by atoms with Crippen LogP contribution in [0.25, 0.3) is 10.9 Å². The molecule has 0 saturated carbocycles. The quantitative estimate of drug-likeness (QED) is 0.703. The molecule has 2 heteroatoms. The minimum atomic E-state index is 1.06. The summed E-state index contributed by atoms with van der Waals surface area (Å²) in [6, 6.07) is 6.91. The first-order valence-electron chi connectivity index (χ1n) is 8.84. The van der Waals surface area contributed by atoms with Gasteiger partial charge < -0.3 is 9.47 Å². The van der Waals surface area contributed by atoms with E-state index >= 15 is 0 Å². The largest absolute Gasteiger partial charge is 0.344 e. The molecule has 0 N–H and O–H groups in total. The first-order valence-corrected chi connectivity index (χ1v) is 8.84. The topological polar surface area (TPSA) is 8.17 Å². The van der Waals surface area contributed by atoms with Crippen LogP contribution >= 0.6 is 0 Å². The van der Waals surface area contributed by atoms with Gasteiger partial charge in [0.1, 0.15) is 0 Å². The van der Waals surface area contributed by atoms with Crippen molar-refractivity contribution in [3.63, 3.8) is 0 Å². The van der Waals surface area contributed by atoms with Crippen LogP contribution in [-0.4, -0.2) is 23.1 Å². The van der Waals surface area contributed by atoms with Crippen LogP contribution < -0.4 is 0 Å². The fourth-order valence-corrected chi connectivity index (χ4v) is 3.62. The van der Waals surface area contributed by atoms with Crippen LogP contribution in [0, 0.1) is 6.92 Å². The minimum Gasteiger partial charge on any atom is -0.344 e. The predicted octanol–water partition coefficient (Wildman–Crippen LogP) is 5.02. The molecular formula is C22H28N2. The Morgan fingerprint density at radius 1 is 1.29 bits per heavy atom. The molecule has 2 nitrogen and oxygen atoms in total. The summed E-state index contributed by atoms with van der Waals surface area (Å²) < 4.78 is 2.56. The van der Waals surface area contributed by atoms with Crippen molar-refractivity contribution >= 4 is 10.9 Å². The Kier molecular flexibility index (Phi) is 5.06. The monoisotopic (exact) mass is 320 g/mol. The van der Waals surface area contributed by atoms with E-state index in [0.717, 1.165) is 32.5 Å². The van der Waals surface area contributed by atoms with E-state index < -0.39 is 0 Å². The number of benzene rings is 1. The van der Waals surface area contributed by atoms with Crippen molar-refractivity contribution in [2.24, 2.45) is 0 Å². The Hall–Kier alpha value is -2.06. The Morgan fingerprint density at radius 3 is 2.92 bits per heavy atom. The molecule has 1 aromatic carbocycles. The van der Waals surface area contributed by atoms with E-state index in [2.05, 4.69) is 67.3 Å². The van der Waals surface area contributed by atoms with Crippen molar-refractivity contribution in [1.29, 1.82) is 0 Å². The highest BCUT2D eigenvalue weighted by atomic mass is 15.1. The van der Waals surface area contributed by atoms with E-state index in [0.29, 0.717) is 0 Å². The molecule has 126 valence electrons. The van der Waals surface area contributed by atoms with Crippen molar-refractivity contribution in [2.75, 3.05) is 13.6 Å². The maximum atomic E-state index is 3.72. The average molecular weight is 320 g/mol. The Labute approximate surface area is 145 Å². The zero-order chi connectivity index (χ0) is 17.1. The van der Waals surface area contributed by atoms with Crippen LogP contribution in [0.4, 0.5) is 0 Å². The SMILES string of the molecule is C=C/C=C\C=C(/C)CCn1c2c(c3cc(C)ccc31)CN(C)CC2. The number of aromatic nitrogens is 1. The molecular weight excluding hydrogens is 292 g/mol. The molecule has 2 heterocycles. The molecule has 0 aliphatic carbocycles. The Morgan fingerprint density at radius 2 is 2.12 bits per heavy atom. The summed E-state index contributed by atoms with van der Waals surface area (Å²) in [7, 11) is 2.22. The van der Waals surface area contributed by atoms with Gasteiger partial charge in [-0.25, -0.2) is 0 Å². The fourth-order valence-electron chi connectivity index (χ4n) is 3.62. The van der Waals surface area contributed by atoms with Crippen LogP contribution in [-0.2, 0) is 19.5 Å². The van der Waals surface area contributed by atoms with Gasteiger partial charge in [-0.3, -0.25) is 0 Å². The molecule has 2 aromatic rings. The highest BCUT2D eigenvalue weighted by molar-refractivity contribution is 5.86. The summed E-state index contributed by atoms with van der Waals surface area (Å²) >= 11 is 0. The second kappa shape index (κ2) is 7.23. The summed E-state index contributed by atoms with van der Waals surface area (Å²) in [4.78, 5) is 2.43. The summed E-state index contributed by atoms with van der Waals surface area (Å²) in [5, 5.41) is 1.45. The summed E-state index contributed by atoms with van der Waals surface area (Å²) in [5.41, 5.74) is 7.24. The molecule has 0 saturated heterocycles. The van der Waals surface area contributed by atoms with E-state index in [9.17, 15) is 0 Å². The smallest absolute Gasteiger partial charge is 0.0486 e. The highest BCUT2D eigenvalue weighted by Gasteiger charge is 2.22. The lowest BCUT2D eigenvalue weighted by atomic mass is 10.0. The molecule has 1 aliphatic rings. The molecule has 0 fully saturated rings. The fraction of sp³-hybridized carbons (Fsp3) is 0.364. The zero-order valence-corrected chi connectivity index (χ0v) is 15.2. The maximum Gasteiger partial charge on any atom is 0.0486 e. The van der Waals surface area contributed by atoms with Gasteiger partial charge >= 0.3 is 0 Å². The van der Waals surface area contributed by atoms with Crippen LogP contribution in [0.1, 0.15) is 30.2 Å². The number of fused-ring (bicyclic) bond motifs is 3. The summed E-state index contributed by atoms with van der Waals surface area (Å²) in [6.07, 6.45) is 10.3. The highest BCUT2D eigenvalue weighted by Crippen LogP contribution is 2.31. The van der Waals surface area contributed by atoms with Crippen molar-refractivity contribution in [2.45, 2.75) is 39.8 Å². The van der Waals surface area contributed by atoms with Crippen molar-refractivity contribution in [1.82, 2.24) is 9.47 Å². The van der Waals surface area contributed by atoms with Gasteiger partial charge in [-0.15, -0.1) is 0 Å². The van der Waals surface area contributed by atoms with Crippen molar-refractivity contribution < 1.29 is 0 Å². The maximum absolute atomic E-state index is 3.72. The summed E-state index contributed by atoms with van der Waals surface area (Å²) in [5.74, 6) is 0. The van der Waals surface area contributed by atoms with E-state index in [-0.39, 0.29) is 0 Å². The number of hydrogen-bond donors (Lipinski definition) is 0. The minimum absolute atomic E-state index is 1.06. The lowest BCUT2D eigenvalue weighted by Gasteiger charge is -2.24. The number of hydrogen-bond acceptors (Lipinski definition) is 1. The Balaban J connectivity index is 1.94. The van der Waals surface area contributed by atoms with Gasteiger partial charge in [-0.2, -0.15) is 0 Å². The number of aryl methyl sites for hydroxylation is 2. The number of likely N-dealkylation sites (N-methyl/N-ethyl adjacent to an activating group) is 1. The van der Waals surface area contributed by atoms with E-state index in [4.69, 9.17) is 0 Å². The molecule has 24 heavy (non-hydrogen) atoms.